The average Bonchev–Trinajstić information content (AvgIpc) is 2.46. The Kier molecular flexibility index (Phi) is 4.43. The summed E-state index contributed by atoms with van der Waals surface area (Å²) in [7, 11) is 1.66. The smallest absolute Gasteiger partial charge is 0.124 e. The monoisotopic (exact) mass is 316 g/mol. The minimum Gasteiger partial charge on any atom is -0.496 e. The van der Waals surface area contributed by atoms with Gasteiger partial charge >= 0.3 is 0 Å². The number of anilines is 1. The molecule has 0 aliphatic rings. The van der Waals surface area contributed by atoms with Crippen molar-refractivity contribution in [3.63, 3.8) is 0 Å². The number of nitrogens with one attached hydrogen (secondary N) is 1. The molecule has 0 radical (unpaired) electrons. The van der Waals surface area contributed by atoms with Crippen molar-refractivity contribution < 1.29 is 4.74 Å². The summed E-state index contributed by atoms with van der Waals surface area (Å²) in [6.07, 6.45) is 0. The zero-order valence-electron chi connectivity index (χ0n) is 10.5. The number of halogens is 1. The van der Waals surface area contributed by atoms with Crippen LogP contribution in [0.1, 0.15) is 11.1 Å². The summed E-state index contributed by atoms with van der Waals surface area (Å²) in [6.45, 7) is 0.669. The quantitative estimate of drug-likeness (QED) is 0.929. The van der Waals surface area contributed by atoms with Crippen molar-refractivity contribution in [1.29, 1.82) is 5.26 Å². The van der Waals surface area contributed by atoms with Crippen molar-refractivity contribution in [2.75, 3.05) is 12.4 Å². The Morgan fingerprint density at radius 1 is 1.21 bits per heavy atom. The van der Waals surface area contributed by atoms with Gasteiger partial charge in [0.05, 0.1) is 18.7 Å². The molecule has 2 rings (SSSR count). The lowest BCUT2D eigenvalue weighted by Gasteiger charge is -2.11. The minimum atomic E-state index is 0.659. The molecule has 1 N–H and O–H groups in total. The highest BCUT2D eigenvalue weighted by atomic mass is 79.9. The maximum absolute atomic E-state index is 8.74. The molecule has 0 aliphatic heterocycles. The Morgan fingerprint density at radius 3 is 2.58 bits per heavy atom. The summed E-state index contributed by atoms with van der Waals surface area (Å²) in [4.78, 5) is 0. The maximum atomic E-state index is 8.74. The zero-order valence-corrected chi connectivity index (χ0v) is 12.1. The van der Waals surface area contributed by atoms with Crippen molar-refractivity contribution >= 4 is 21.6 Å². The normalized spacial score (nSPS) is 9.74. The predicted molar refractivity (Wildman–Crippen MR) is 79.2 cm³/mol. The van der Waals surface area contributed by atoms with E-state index >= 15 is 0 Å². The van der Waals surface area contributed by atoms with Crippen LogP contribution in [0, 0.1) is 11.3 Å². The Labute approximate surface area is 121 Å². The number of nitriles is 1. The molecular formula is C15H13BrN2O. The molecule has 0 aliphatic carbocycles. The molecule has 96 valence electrons. The van der Waals surface area contributed by atoms with Gasteiger partial charge in [0.25, 0.3) is 0 Å². The summed E-state index contributed by atoms with van der Waals surface area (Å²) in [5.41, 5.74) is 2.71. The average molecular weight is 317 g/mol. The molecule has 2 aromatic carbocycles. The molecule has 0 spiro atoms. The van der Waals surface area contributed by atoms with Crippen LogP contribution in [0.4, 0.5) is 5.69 Å². The lowest BCUT2D eigenvalue weighted by molar-refractivity contribution is 0.410. The van der Waals surface area contributed by atoms with Crippen molar-refractivity contribution in [1.82, 2.24) is 0 Å². The van der Waals surface area contributed by atoms with Gasteiger partial charge < -0.3 is 10.1 Å². The van der Waals surface area contributed by atoms with E-state index in [4.69, 9.17) is 10.00 Å². The third kappa shape index (κ3) is 3.49. The Bertz CT molecular complexity index is 603. The summed E-state index contributed by atoms with van der Waals surface area (Å²) in [5.74, 6) is 0.843. The van der Waals surface area contributed by atoms with E-state index in [9.17, 15) is 0 Å². The largest absolute Gasteiger partial charge is 0.496 e. The summed E-state index contributed by atoms with van der Waals surface area (Å²) in [5, 5.41) is 12.0. The van der Waals surface area contributed by atoms with Gasteiger partial charge in [0.2, 0.25) is 0 Å². The van der Waals surface area contributed by atoms with Crippen LogP contribution in [0.15, 0.2) is 46.9 Å². The van der Waals surface area contributed by atoms with Gasteiger partial charge in [-0.05, 0) is 36.4 Å². The Morgan fingerprint density at radius 2 is 1.95 bits per heavy atom. The third-order valence-corrected chi connectivity index (χ3v) is 3.24. The van der Waals surface area contributed by atoms with Crippen LogP contribution < -0.4 is 10.1 Å². The Balaban J connectivity index is 2.07. The van der Waals surface area contributed by atoms with Crippen molar-refractivity contribution in [3.05, 3.63) is 58.1 Å². The summed E-state index contributed by atoms with van der Waals surface area (Å²) in [6, 6.07) is 15.4. The van der Waals surface area contributed by atoms with Crippen LogP contribution >= 0.6 is 15.9 Å². The van der Waals surface area contributed by atoms with Crippen molar-refractivity contribution in [2.45, 2.75) is 6.54 Å². The van der Waals surface area contributed by atoms with Gasteiger partial charge in [0.15, 0.2) is 0 Å². The van der Waals surface area contributed by atoms with Crippen LogP contribution in [0.25, 0.3) is 0 Å². The van der Waals surface area contributed by atoms with Crippen LogP contribution in [0.2, 0.25) is 0 Å². The predicted octanol–water partition coefficient (Wildman–Crippen LogP) is 3.94. The zero-order chi connectivity index (χ0) is 13.7. The molecule has 0 amide bonds. The first kappa shape index (κ1) is 13.4. The highest BCUT2D eigenvalue weighted by molar-refractivity contribution is 9.10. The van der Waals surface area contributed by atoms with Gasteiger partial charge in [-0.3, -0.25) is 0 Å². The number of hydrogen-bond donors (Lipinski definition) is 1. The molecule has 19 heavy (non-hydrogen) atoms. The molecule has 0 saturated carbocycles. The third-order valence-electron chi connectivity index (χ3n) is 2.75. The fourth-order valence-electron chi connectivity index (χ4n) is 1.72. The number of ether oxygens (including phenoxy) is 1. The second kappa shape index (κ2) is 6.26. The van der Waals surface area contributed by atoms with Gasteiger partial charge in [0.1, 0.15) is 5.75 Å². The number of hydrogen-bond acceptors (Lipinski definition) is 3. The van der Waals surface area contributed by atoms with E-state index in [-0.39, 0.29) is 0 Å². The maximum Gasteiger partial charge on any atom is 0.124 e. The van der Waals surface area contributed by atoms with Crippen molar-refractivity contribution in [2.24, 2.45) is 0 Å². The van der Waals surface area contributed by atoms with E-state index in [2.05, 4.69) is 27.3 Å². The highest BCUT2D eigenvalue weighted by Gasteiger charge is 2.03. The minimum absolute atomic E-state index is 0.659. The highest BCUT2D eigenvalue weighted by Crippen LogP contribution is 2.24. The first-order chi connectivity index (χ1) is 9.22. The molecule has 4 heteroatoms. The molecule has 0 heterocycles. The molecule has 0 saturated heterocycles. The lowest BCUT2D eigenvalue weighted by Crippen LogP contribution is -2.01. The molecule has 3 nitrogen and oxygen atoms in total. The van der Waals surface area contributed by atoms with Crippen molar-refractivity contribution in [3.8, 4) is 11.8 Å². The van der Waals surface area contributed by atoms with Gasteiger partial charge in [-0.2, -0.15) is 5.26 Å². The van der Waals surface area contributed by atoms with Crippen LogP contribution in [0.5, 0.6) is 5.75 Å². The fourth-order valence-corrected chi connectivity index (χ4v) is 2.06. The van der Waals surface area contributed by atoms with Gasteiger partial charge in [-0.1, -0.05) is 22.0 Å². The molecule has 0 unspecified atom stereocenters. The number of methoxy groups -OCH3 is 1. The van der Waals surface area contributed by atoms with Gasteiger partial charge in [-0.15, -0.1) is 0 Å². The molecular weight excluding hydrogens is 304 g/mol. The molecule has 2 aromatic rings. The van der Waals surface area contributed by atoms with Crippen LogP contribution in [0.3, 0.4) is 0 Å². The van der Waals surface area contributed by atoms with Crippen LogP contribution in [-0.2, 0) is 6.54 Å². The van der Waals surface area contributed by atoms with Gasteiger partial charge in [-0.25, -0.2) is 0 Å². The molecule has 0 aromatic heterocycles. The van der Waals surface area contributed by atoms with E-state index in [0.29, 0.717) is 12.1 Å². The fraction of sp³-hybridized carbons (Fsp3) is 0.133. The molecule has 0 bridgehead atoms. The first-order valence-corrected chi connectivity index (χ1v) is 6.58. The lowest BCUT2D eigenvalue weighted by atomic mass is 10.2. The number of rotatable bonds is 4. The second-order valence-corrected chi connectivity index (χ2v) is 4.91. The SMILES string of the molecule is COc1cc(Br)ccc1CNc1ccc(C#N)cc1. The summed E-state index contributed by atoms with van der Waals surface area (Å²) >= 11 is 3.42. The van der Waals surface area contributed by atoms with E-state index in [1.54, 1.807) is 19.2 Å². The number of benzene rings is 2. The van der Waals surface area contributed by atoms with E-state index < -0.39 is 0 Å². The summed E-state index contributed by atoms with van der Waals surface area (Å²) < 4.78 is 6.33. The standard InChI is InChI=1S/C15H13BrN2O/c1-19-15-8-13(16)5-4-12(15)10-18-14-6-2-11(9-17)3-7-14/h2-8,18H,10H2,1H3. The second-order valence-electron chi connectivity index (χ2n) is 4.00. The first-order valence-electron chi connectivity index (χ1n) is 5.79. The molecule has 0 fully saturated rings. The Hall–Kier alpha value is -1.99. The molecule has 0 atom stereocenters. The van der Waals surface area contributed by atoms with E-state index in [1.165, 1.54) is 0 Å². The van der Waals surface area contributed by atoms with Gasteiger partial charge in [0, 0.05) is 22.3 Å². The van der Waals surface area contributed by atoms with E-state index in [1.807, 2.05) is 30.3 Å². The van der Waals surface area contributed by atoms with Crippen LogP contribution in [-0.4, -0.2) is 7.11 Å². The topological polar surface area (TPSA) is 45.0 Å². The number of nitrogens with zero attached hydrogens (tertiary/aromatic N) is 1. The van der Waals surface area contributed by atoms with E-state index in [0.717, 1.165) is 21.5 Å².